The van der Waals surface area contributed by atoms with E-state index in [1.807, 2.05) is 50.2 Å². The van der Waals surface area contributed by atoms with E-state index in [9.17, 15) is 9.59 Å². The first-order valence-corrected chi connectivity index (χ1v) is 10.5. The van der Waals surface area contributed by atoms with Crippen LogP contribution >= 0.6 is 11.6 Å². The maximum absolute atomic E-state index is 12.8. The summed E-state index contributed by atoms with van der Waals surface area (Å²) in [5.74, 6) is 0.872. The lowest BCUT2D eigenvalue weighted by molar-refractivity contribution is 0.0920. The molecule has 1 aliphatic heterocycles. The van der Waals surface area contributed by atoms with Gasteiger partial charge in [0.05, 0.1) is 5.56 Å². The average molecular weight is 448 g/mol. The molecule has 0 N–H and O–H groups in total. The number of carbonyl (C=O) groups excluding carboxylic acids is 2. The van der Waals surface area contributed by atoms with Crippen molar-refractivity contribution in [2.75, 3.05) is 25.6 Å². The monoisotopic (exact) mass is 447 g/mol. The lowest BCUT2D eigenvalue weighted by atomic mass is 10.1. The molecule has 0 fully saturated rings. The molecule has 0 amide bonds. The van der Waals surface area contributed by atoms with Crippen molar-refractivity contribution in [3.8, 4) is 11.5 Å². The molecular weight excluding hydrogens is 426 g/mol. The maximum Gasteiger partial charge on any atom is 0.231 e. The molecule has 0 saturated carbocycles. The third kappa shape index (κ3) is 4.39. The van der Waals surface area contributed by atoms with Crippen molar-refractivity contribution < 1.29 is 19.1 Å². The standard InChI is InChI=1S/C26H22ClNO4/c1-16-23(31-15-22(29)18-6-8-19(27)9-7-18)13-12-21-25(30)24(32-26(16)21)14-17-4-10-20(11-5-17)28(2)3/h4-14H,15H2,1-3H3/b24-14-. The quantitative estimate of drug-likeness (QED) is 0.364. The molecule has 3 aromatic rings. The molecule has 32 heavy (non-hydrogen) atoms. The normalized spacial score (nSPS) is 13.6. The Morgan fingerprint density at radius 1 is 1.03 bits per heavy atom. The number of hydrogen-bond donors (Lipinski definition) is 0. The Morgan fingerprint density at radius 3 is 2.38 bits per heavy atom. The van der Waals surface area contributed by atoms with E-state index in [-0.39, 0.29) is 23.9 Å². The highest BCUT2D eigenvalue weighted by Crippen LogP contribution is 2.39. The summed E-state index contributed by atoms with van der Waals surface area (Å²) in [6.45, 7) is 1.68. The molecule has 4 rings (SSSR count). The Kier molecular flexibility index (Phi) is 6.01. The van der Waals surface area contributed by atoms with Gasteiger partial charge in [0, 0.05) is 35.9 Å². The minimum Gasteiger partial charge on any atom is -0.485 e. The highest BCUT2D eigenvalue weighted by atomic mass is 35.5. The van der Waals surface area contributed by atoms with Crippen LogP contribution in [0.5, 0.6) is 11.5 Å². The highest BCUT2D eigenvalue weighted by molar-refractivity contribution is 6.30. The van der Waals surface area contributed by atoms with E-state index in [2.05, 4.69) is 0 Å². The van der Waals surface area contributed by atoms with Crippen LogP contribution in [0.4, 0.5) is 5.69 Å². The van der Waals surface area contributed by atoms with Gasteiger partial charge in [0.15, 0.2) is 18.1 Å². The minimum absolute atomic E-state index is 0.129. The second-order valence-electron chi connectivity index (χ2n) is 7.71. The van der Waals surface area contributed by atoms with Crippen LogP contribution in [0.15, 0.2) is 66.4 Å². The molecule has 0 aliphatic carbocycles. The van der Waals surface area contributed by atoms with Crippen molar-refractivity contribution in [3.63, 3.8) is 0 Å². The summed E-state index contributed by atoms with van der Waals surface area (Å²) in [4.78, 5) is 27.2. The second kappa shape index (κ2) is 8.89. The number of Topliss-reactive ketones (excluding diaryl/α,β-unsaturated/α-hetero) is 2. The predicted molar refractivity (Wildman–Crippen MR) is 126 cm³/mol. The van der Waals surface area contributed by atoms with Crippen LogP contribution in [-0.4, -0.2) is 32.3 Å². The molecule has 0 radical (unpaired) electrons. The van der Waals surface area contributed by atoms with Crippen molar-refractivity contribution in [3.05, 3.63) is 93.7 Å². The summed E-state index contributed by atoms with van der Waals surface area (Å²) >= 11 is 5.87. The van der Waals surface area contributed by atoms with Crippen molar-refractivity contribution in [1.82, 2.24) is 0 Å². The summed E-state index contributed by atoms with van der Waals surface area (Å²) in [6, 6.07) is 17.8. The Labute approximate surface area is 191 Å². The largest absolute Gasteiger partial charge is 0.485 e. The zero-order valence-corrected chi connectivity index (χ0v) is 18.8. The summed E-state index contributed by atoms with van der Waals surface area (Å²) < 4.78 is 11.6. The van der Waals surface area contributed by atoms with E-state index in [1.165, 1.54) is 0 Å². The van der Waals surface area contributed by atoms with Gasteiger partial charge in [-0.1, -0.05) is 23.7 Å². The fraction of sp³-hybridized carbons (Fsp3) is 0.154. The molecule has 1 heterocycles. The zero-order valence-electron chi connectivity index (χ0n) is 18.0. The van der Waals surface area contributed by atoms with Crippen LogP contribution < -0.4 is 14.4 Å². The van der Waals surface area contributed by atoms with Gasteiger partial charge in [-0.05, 0) is 67.1 Å². The van der Waals surface area contributed by atoms with Crippen molar-refractivity contribution in [2.24, 2.45) is 0 Å². The van der Waals surface area contributed by atoms with Gasteiger partial charge < -0.3 is 14.4 Å². The summed E-state index contributed by atoms with van der Waals surface area (Å²) in [7, 11) is 3.94. The lowest BCUT2D eigenvalue weighted by Gasteiger charge is -2.12. The van der Waals surface area contributed by atoms with E-state index in [0.717, 1.165) is 11.3 Å². The Hall–Kier alpha value is -3.57. The van der Waals surface area contributed by atoms with Crippen LogP contribution in [-0.2, 0) is 0 Å². The molecule has 0 unspecified atom stereocenters. The van der Waals surface area contributed by atoms with Gasteiger partial charge >= 0.3 is 0 Å². The smallest absolute Gasteiger partial charge is 0.231 e. The molecule has 0 aromatic heterocycles. The van der Waals surface area contributed by atoms with Crippen LogP contribution in [0.1, 0.15) is 31.8 Å². The van der Waals surface area contributed by atoms with E-state index in [0.29, 0.717) is 33.2 Å². The molecule has 0 spiro atoms. The number of halogens is 1. The number of ether oxygens (including phenoxy) is 2. The van der Waals surface area contributed by atoms with Gasteiger partial charge in [-0.25, -0.2) is 0 Å². The van der Waals surface area contributed by atoms with E-state index in [4.69, 9.17) is 21.1 Å². The lowest BCUT2D eigenvalue weighted by Crippen LogP contribution is -2.12. The number of hydrogen-bond acceptors (Lipinski definition) is 5. The molecule has 0 bridgehead atoms. The predicted octanol–water partition coefficient (Wildman–Crippen LogP) is 5.59. The van der Waals surface area contributed by atoms with E-state index in [1.54, 1.807) is 42.5 Å². The van der Waals surface area contributed by atoms with Gasteiger partial charge in [-0.2, -0.15) is 0 Å². The summed E-state index contributed by atoms with van der Waals surface area (Å²) in [6.07, 6.45) is 1.73. The van der Waals surface area contributed by atoms with Gasteiger partial charge in [0.2, 0.25) is 5.78 Å². The Bertz CT molecular complexity index is 1210. The number of fused-ring (bicyclic) bond motifs is 1. The maximum atomic E-state index is 12.8. The molecule has 0 saturated heterocycles. The topological polar surface area (TPSA) is 55.8 Å². The van der Waals surface area contributed by atoms with Crippen LogP contribution in [0.25, 0.3) is 6.08 Å². The van der Waals surface area contributed by atoms with Gasteiger partial charge in [0.1, 0.15) is 11.5 Å². The molecule has 1 aliphatic rings. The van der Waals surface area contributed by atoms with E-state index >= 15 is 0 Å². The van der Waals surface area contributed by atoms with Crippen molar-refractivity contribution in [2.45, 2.75) is 6.92 Å². The zero-order chi connectivity index (χ0) is 22.8. The van der Waals surface area contributed by atoms with Crippen molar-refractivity contribution >= 4 is 34.9 Å². The van der Waals surface area contributed by atoms with Gasteiger partial charge in [-0.15, -0.1) is 0 Å². The third-order valence-electron chi connectivity index (χ3n) is 5.27. The van der Waals surface area contributed by atoms with Gasteiger partial charge in [0.25, 0.3) is 0 Å². The summed E-state index contributed by atoms with van der Waals surface area (Å²) in [5.41, 5.74) is 3.61. The number of nitrogens with zero attached hydrogens (tertiary/aromatic N) is 1. The van der Waals surface area contributed by atoms with E-state index < -0.39 is 0 Å². The number of anilines is 1. The minimum atomic E-state index is -0.177. The summed E-state index contributed by atoms with van der Waals surface area (Å²) in [5, 5.41) is 0.566. The molecule has 0 atom stereocenters. The number of ketones is 2. The van der Waals surface area contributed by atoms with Crippen LogP contribution in [0.2, 0.25) is 5.02 Å². The average Bonchev–Trinajstić information content (AvgIpc) is 3.10. The number of benzene rings is 3. The first-order valence-electron chi connectivity index (χ1n) is 10.1. The van der Waals surface area contributed by atoms with Gasteiger partial charge in [-0.3, -0.25) is 9.59 Å². The number of rotatable bonds is 6. The molecular formula is C26H22ClNO4. The van der Waals surface area contributed by atoms with Crippen molar-refractivity contribution in [1.29, 1.82) is 0 Å². The fourth-order valence-corrected chi connectivity index (χ4v) is 3.53. The Balaban J connectivity index is 1.50. The second-order valence-corrected chi connectivity index (χ2v) is 8.15. The third-order valence-corrected chi connectivity index (χ3v) is 5.52. The SMILES string of the molecule is Cc1c(OCC(=O)c2ccc(Cl)cc2)ccc2c1O/C(=C\c1ccc(N(C)C)cc1)C2=O. The Morgan fingerprint density at radius 2 is 1.72 bits per heavy atom. The number of carbonyl (C=O) groups is 2. The highest BCUT2D eigenvalue weighted by Gasteiger charge is 2.30. The van der Waals surface area contributed by atoms with Crippen LogP contribution in [0, 0.1) is 6.92 Å². The first-order chi connectivity index (χ1) is 15.3. The molecule has 162 valence electrons. The fourth-order valence-electron chi connectivity index (χ4n) is 3.41. The molecule has 3 aromatic carbocycles. The molecule has 5 nitrogen and oxygen atoms in total. The first kappa shape index (κ1) is 21.7. The van der Waals surface area contributed by atoms with Crippen LogP contribution in [0.3, 0.4) is 0 Å². The number of allylic oxidation sites excluding steroid dienone is 1. The molecule has 6 heteroatoms.